The molecule has 1 N–H and O–H groups in total. The minimum atomic E-state index is -0.296. The van der Waals surface area contributed by atoms with Gasteiger partial charge in [0.15, 0.2) is 11.5 Å². The largest absolute Gasteiger partial charge is 0.449 e. The second-order valence-electron chi connectivity index (χ2n) is 9.03. The van der Waals surface area contributed by atoms with E-state index in [1.54, 1.807) is 18.2 Å². The Morgan fingerprint density at radius 3 is 2.41 bits per heavy atom. The van der Waals surface area contributed by atoms with Crippen LogP contribution >= 0.6 is 0 Å². The van der Waals surface area contributed by atoms with E-state index in [9.17, 15) is 9.18 Å². The van der Waals surface area contributed by atoms with E-state index >= 15 is 0 Å². The fraction of sp³-hybridized carbons (Fsp3) is 0.286. The number of carbonyl (C=O) groups is 1. The first-order valence-electron chi connectivity index (χ1n) is 11.8. The van der Waals surface area contributed by atoms with Gasteiger partial charge in [-0.3, -0.25) is 4.79 Å². The molecule has 5 rings (SSSR count). The van der Waals surface area contributed by atoms with E-state index in [4.69, 9.17) is 9.40 Å². The van der Waals surface area contributed by atoms with Crippen molar-refractivity contribution in [2.24, 2.45) is 0 Å². The van der Waals surface area contributed by atoms with Gasteiger partial charge in [0.05, 0.1) is 12.0 Å². The maximum atomic E-state index is 13.6. The SMILES string of the molecule is Cc1cccc(C)c1NC(=O)c1ccc(-c2c(-c3ccc(F)cc3)ncn2C2CCCCC2)o1. The summed E-state index contributed by atoms with van der Waals surface area (Å²) in [7, 11) is 0. The molecule has 0 radical (unpaired) electrons. The zero-order valence-electron chi connectivity index (χ0n) is 19.5. The first kappa shape index (κ1) is 22.1. The molecule has 1 fully saturated rings. The molecule has 0 saturated heterocycles. The van der Waals surface area contributed by atoms with Crippen molar-refractivity contribution in [1.29, 1.82) is 0 Å². The minimum Gasteiger partial charge on any atom is -0.449 e. The van der Waals surface area contributed by atoms with Crippen molar-refractivity contribution in [3.05, 3.63) is 83.6 Å². The molecule has 6 heteroatoms. The number of anilines is 1. The van der Waals surface area contributed by atoms with Gasteiger partial charge in [-0.15, -0.1) is 0 Å². The smallest absolute Gasteiger partial charge is 0.291 e. The molecule has 0 bridgehead atoms. The minimum absolute atomic E-state index is 0.235. The van der Waals surface area contributed by atoms with Crippen LogP contribution in [0, 0.1) is 19.7 Å². The van der Waals surface area contributed by atoms with Crippen LogP contribution in [0.1, 0.15) is 59.8 Å². The van der Waals surface area contributed by atoms with E-state index in [-0.39, 0.29) is 17.5 Å². The van der Waals surface area contributed by atoms with E-state index in [1.807, 2.05) is 44.4 Å². The highest BCUT2D eigenvalue weighted by Crippen LogP contribution is 2.38. The molecule has 0 atom stereocenters. The number of rotatable bonds is 5. The van der Waals surface area contributed by atoms with Gasteiger partial charge in [0.25, 0.3) is 5.91 Å². The lowest BCUT2D eigenvalue weighted by molar-refractivity contribution is 0.0997. The number of hydrogen-bond acceptors (Lipinski definition) is 3. The predicted octanol–water partition coefficient (Wildman–Crippen LogP) is 7.32. The molecule has 0 aliphatic heterocycles. The molecule has 2 aromatic carbocycles. The average molecular weight is 458 g/mol. The Labute approximate surface area is 198 Å². The molecule has 34 heavy (non-hydrogen) atoms. The van der Waals surface area contributed by atoms with E-state index < -0.39 is 0 Å². The summed E-state index contributed by atoms with van der Waals surface area (Å²) in [6.45, 7) is 3.93. The molecule has 0 unspecified atom stereocenters. The van der Waals surface area contributed by atoms with Crippen LogP contribution in [-0.4, -0.2) is 15.5 Å². The van der Waals surface area contributed by atoms with Gasteiger partial charge < -0.3 is 14.3 Å². The molecule has 2 aromatic heterocycles. The number of halogens is 1. The topological polar surface area (TPSA) is 60.1 Å². The van der Waals surface area contributed by atoms with Gasteiger partial charge in [-0.2, -0.15) is 0 Å². The van der Waals surface area contributed by atoms with E-state index in [2.05, 4.69) is 9.88 Å². The predicted molar refractivity (Wildman–Crippen MR) is 131 cm³/mol. The van der Waals surface area contributed by atoms with Crippen LogP contribution in [0.25, 0.3) is 22.7 Å². The van der Waals surface area contributed by atoms with Crippen molar-refractivity contribution >= 4 is 11.6 Å². The van der Waals surface area contributed by atoms with Crippen LogP contribution in [0.3, 0.4) is 0 Å². The summed E-state index contributed by atoms with van der Waals surface area (Å²) in [5.74, 6) is 0.226. The summed E-state index contributed by atoms with van der Waals surface area (Å²) in [5.41, 5.74) is 5.14. The lowest BCUT2D eigenvalue weighted by atomic mass is 9.95. The van der Waals surface area contributed by atoms with Crippen molar-refractivity contribution in [3.8, 4) is 22.7 Å². The third-order valence-electron chi connectivity index (χ3n) is 6.66. The molecule has 1 aliphatic rings. The highest BCUT2D eigenvalue weighted by molar-refractivity contribution is 6.03. The average Bonchev–Trinajstić information content (AvgIpc) is 3.50. The highest BCUT2D eigenvalue weighted by atomic mass is 19.1. The summed E-state index contributed by atoms with van der Waals surface area (Å²) < 4.78 is 21.8. The third kappa shape index (κ3) is 4.28. The number of furan rings is 1. The van der Waals surface area contributed by atoms with Gasteiger partial charge in [0, 0.05) is 17.3 Å². The van der Waals surface area contributed by atoms with Crippen molar-refractivity contribution < 1.29 is 13.6 Å². The van der Waals surface area contributed by atoms with Gasteiger partial charge in [0.2, 0.25) is 0 Å². The maximum absolute atomic E-state index is 13.6. The molecule has 5 nitrogen and oxygen atoms in total. The molecule has 1 saturated carbocycles. The number of para-hydroxylation sites is 1. The van der Waals surface area contributed by atoms with Crippen molar-refractivity contribution in [1.82, 2.24) is 9.55 Å². The Bertz CT molecular complexity index is 1290. The number of hydrogen-bond donors (Lipinski definition) is 1. The molecule has 2 heterocycles. The number of imidazole rings is 1. The number of nitrogens with one attached hydrogen (secondary N) is 1. The van der Waals surface area contributed by atoms with Crippen LogP contribution in [0.4, 0.5) is 10.1 Å². The molecular weight excluding hydrogens is 429 g/mol. The van der Waals surface area contributed by atoms with Crippen LogP contribution < -0.4 is 5.32 Å². The highest BCUT2D eigenvalue weighted by Gasteiger charge is 2.25. The van der Waals surface area contributed by atoms with Crippen LogP contribution in [0.15, 0.2) is 65.3 Å². The number of carbonyl (C=O) groups excluding carboxylic acids is 1. The monoisotopic (exact) mass is 457 g/mol. The third-order valence-corrected chi connectivity index (χ3v) is 6.66. The van der Waals surface area contributed by atoms with E-state index in [0.717, 1.165) is 46.6 Å². The Balaban J connectivity index is 1.52. The normalized spacial score (nSPS) is 14.3. The Hall–Kier alpha value is -3.67. The summed E-state index contributed by atoms with van der Waals surface area (Å²) in [4.78, 5) is 17.7. The zero-order chi connectivity index (χ0) is 23.7. The Morgan fingerprint density at radius 2 is 1.71 bits per heavy atom. The van der Waals surface area contributed by atoms with Crippen molar-refractivity contribution in [2.75, 3.05) is 5.32 Å². The number of aromatic nitrogens is 2. The molecule has 0 spiro atoms. The van der Waals surface area contributed by atoms with Crippen LogP contribution in [0.2, 0.25) is 0 Å². The molecular formula is C28H28FN3O2. The molecule has 174 valence electrons. The fourth-order valence-corrected chi connectivity index (χ4v) is 4.83. The van der Waals surface area contributed by atoms with Gasteiger partial charge >= 0.3 is 0 Å². The summed E-state index contributed by atoms with van der Waals surface area (Å²) in [5, 5.41) is 2.99. The number of aryl methyl sites for hydroxylation is 2. The standard InChI is InChI=1S/C28H28FN3O2/c1-18-7-6-8-19(2)25(18)31-28(33)24-16-15-23(34-24)27-26(20-11-13-21(29)14-12-20)30-17-32(27)22-9-4-3-5-10-22/h6-8,11-17,22H,3-5,9-10H2,1-2H3,(H,31,33). The summed E-state index contributed by atoms with van der Waals surface area (Å²) in [6.07, 6.45) is 7.60. The first-order chi connectivity index (χ1) is 16.5. The molecule has 1 amide bonds. The van der Waals surface area contributed by atoms with Crippen molar-refractivity contribution in [2.45, 2.75) is 52.0 Å². The van der Waals surface area contributed by atoms with Gasteiger partial charge in [-0.05, 0) is 74.2 Å². The number of nitrogens with zero attached hydrogens (tertiary/aromatic N) is 2. The van der Waals surface area contributed by atoms with Crippen LogP contribution in [0.5, 0.6) is 0 Å². The Morgan fingerprint density at radius 1 is 1.00 bits per heavy atom. The number of amides is 1. The second kappa shape index (κ2) is 9.29. The summed E-state index contributed by atoms with van der Waals surface area (Å²) >= 11 is 0. The Kier molecular flexibility index (Phi) is 6.05. The van der Waals surface area contributed by atoms with E-state index in [1.165, 1.54) is 31.4 Å². The van der Waals surface area contributed by atoms with E-state index in [0.29, 0.717) is 11.8 Å². The lowest BCUT2D eigenvalue weighted by Crippen LogP contribution is -2.13. The second-order valence-corrected chi connectivity index (χ2v) is 9.03. The fourth-order valence-electron chi connectivity index (χ4n) is 4.83. The first-order valence-corrected chi connectivity index (χ1v) is 11.8. The summed E-state index contributed by atoms with van der Waals surface area (Å²) in [6, 6.07) is 16.1. The zero-order valence-corrected chi connectivity index (χ0v) is 19.5. The quantitative estimate of drug-likeness (QED) is 0.341. The van der Waals surface area contributed by atoms with Gasteiger partial charge in [0.1, 0.15) is 11.5 Å². The van der Waals surface area contributed by atoms with Gasteiger partial charge in [-0.25, -0.2) is 9.37 Å². The van der Waals surface area contributed by atoms with Gasteiger partial charge in [-0.1, -0.05) is 37.5 Å². The van der Waals surface area contributed by atoms with Crippen LogP contribution in [-0.2, 0) is 0 Å². The lowest BCUT2D eigenvalue weighted by Gasteiger charge is -2.24. The molecule has 1 aliphatic carbocycles. The number of benzene rings is 2. The molecule has 4 aromatic rings. The van der Waals surface area contributed by atoms with Crippen molar-refractivity contribution in [3.63, 3.8) is 0 Å². The maximum Gasteiger partial charge on any atom is 0.291 e.